The molecule has 0 bridgehead atoms. The lowest BCUT2D eigenvalue weighted by atomic mass is 9.96. The molecule has 1 fully saturated rings. The molecule has 1 saturated heterocycles. The third-order valence-corrected chi connectivity index (χ3v) is 4.55. The average Bonchev–Trinajstić information content (AvgIpc) is 3.14. The summed E-state index contributed by atoms with van der Waals surface area (Å²) in [7, 11) is 0. The van der Waals surface area contributed by atoms with Gasteiger partial charge in [-0.05, 0) is 31.1 Å². The number of likely N-dealkylation sites (tertiary alicyclic amines) is 1. The highest BCUT2D eigenvalue weighted by molar-refractivity contribution is 5.87. The lowest BCUT2D eigenvalue weighted by molar-refractivity contribution is -0.132. The molecule has 1 aliphatic heterocycles. The molecule has 0 spiro atoms. The van der Waals surface area contributed by atoms with Gasteiger partial charge in [-0.25, -0.2) is 8.78 Å². The van der Waals surface area contributed by atoms with Crippen LogP contribution in [-0.2, 0) is 16.1 Å². The van der Waals surface area contributed by atoms with Gasteiger partial charge in [0, 0.05) is 31.1 Å². The Morgan fingerprint density at radius 2 is 2.04 bits per heavy atom. The molecule has 142 valence electrons. The number of nitrogens with one attached hydrogen (secondary N) is 1. The second-order valence-electron chi connectivity index (χ2n) is 6.33. The average molecular weight is 375 g/mol. The number of halogens is 2. The maximum atomic E-state index is 13.8. The minimum absolute atomic E-state index is 0.0979. The lowest BCUT2D eigenvalue weighted by Crippen LogP contribution is -2.42. The summed E-state index contributed by atoms with van der Waals surface area (Å²) in [4.78, 5) is 25.5. The van der Waals surface area contributed by atoms with E-state index in [0.717, 1.165) is 12.1 Å². The van der Waals surface area contributed by atoms with Crippen molar-refractivity contribution in [2.45, 2.75) is 19.4 Å². The van der Waals surface area contributed by atoms with E-state index in [1.165, 1.54) is 18.2 Å². The predicted molar refractivity (Wildman–Crippen MR) is 93.2 cm³/mol. The van der Waals surface area contributed by atoms with Crippen LogP contribution in [0.25, 0.3) is 11.3 Å². The van der Waals surface area contributed by atoms with Crippen molar-refractivity contribution in [1.82, 2.24) is 15.4 Å². The number of benzene rings is 1. The Kier molecular flexibility index (Phi) is 5.63. The number of amides is 2. The van der Waals surface area contributed by atoms with Crippen LogP contribution in [0.2, 0.25) is 0 Å². The van der Waals surface area contributed by atoms with E-state index in [-0.39, 0.29) is 35.6 Å². The summed E-state index contributed by atoms with van der Waals surface area (Å²) in [5, 5.41) is 6.58. The molecule has 0 radical (unpaired) electrons. The second kappa shape index (κ2) is 8.11. The first-order chi connectivity index (χ1) is 13.0. The van der Waals surface area contributed by atoms with Gasteiger partial charge in [-0.2, -0.15) is 0 Å². The van der Waals surface area contributed by atoms with Gasteiger partial charge in [-0.15, -0.1) is 0 Å². The first kappa shape index (κ1) is 18.8. The molecule has 0 aliphatic carbocycles. The predicted octanol–water partition coefficient (Wildman–Crippen LogP) is 2.66. The van der Waals surface area contributed by atoms with Crippen LogP contribution in [0.1, 0.15) is 18.5 Å². The fourth-order valence-corrected chi connectivity index (χ4v) is 3.02. The summed E-state index contributed by atoms with van der Waals surface area (Å²) in [6.07, 6.45) is 2.43. The molecular formula is C19H19F2N3O3. The smallest absolute Gasteiger partial charge is 0.245 e. The molecule has 0 atom stereocenters. The van der Waals surface area contributed by atoms with Crippen molar-refractivity contribution < 1.29 is 22.9 Å². The molecule has 1 N–H and O–H groups in total. The first-order valence-electron chi connectivity index (χ1n) is 8.58. The van der Waals surface area contributed by atoms with Crippen molar-refractivity contribution in [3.8, 4) is 11.3 Å². The van der Waals surface area contributed by atoms with Gasteiger partial charge in [0.2, 0.25) is 11.8 Å². The van der Waals surface area contributed by atoms with Crippen LogP contribution in [0.15, 0.2) is 41.4 Å². The number of carbonyl (C=O) groups excluding carboxylic acids is 2. The summed E-state index contributed by atoms with van der Waals surface area (Å²) in [5.74, 6) is -1.70. The third-order valence-electron chi connectivity index (χ3n) is 4.55. The largest absolute Gasteiger partial charge is 0.356 e. The Morgan fingerprint density at radius 3 is 2.70 bits per heavy atom. The molecule has 27 heavy (non-hydrogen) atoms. The van der Waals surface area contributed by atoms with Crippen LogP contribution >= 0.6 is 0 Å². The number of hydrogen-bond acceptors (Lipinski definition) is 4. The fraction of sp³-hybridized carbons (Fsp3) is 0.316. The van der Waals surface area contributed by atoms with E-state index in [1.807, 2.05) is 0 Å². The van der Waals surface area contributed by atoms with E-state index in [9.17, 15) is 18.4 Å². The van der Waals surface area contributed by atoms with E-state index in [1.54, 1.807) is 4.90 Å². The molecule has 1 aliphatic rings. The molecule has 1 aromatic carbocycles. The summed E-state index contributed by atoms with van der Waals surface area (Å²) in [6.45, 7) is 4.62. The Bertz CT molecular complexity index is 858. The van der Waals surface area contributed by atoms with Crippen molar-refractivity contribution in [2.75, 3.05) is 13.1 Å². The Labute approximate surface area is 154 Å². The van der Waals surface area contributed by atoms with Crippen LogP contribution < -0.4 is 5.32 Å². The number of aromatic nitrogens is 1. The highest BCUT2D eigenvalue weighted by Crippen LogP contribution is 2.24. The van der Waals surface area contributed by atoms with Crippen molar-refractivity contribution in [1.29, 1.82) is 0 Å². The highest BCUT2D eigenvalue weighted by atomic mass is 19.1. The SMILES string of the molecule is C=CC(=O)N1CCC(C(=O)NCc2cc(-c3ccc(F)cc3F)on2)CC1. The number of piperidine rings is 1. The van der Waals surface area contributed by atoms with Gasteiger partial charge in [0.1, 0.15) is 17.3 Å². The topological polar surface area (TPSA) is 75.4 Å². The van der Waals surface area contributed by atoms with Crippen LogP contribution in [-0.4, -0.2) is 35.0 Å². The van der Waals surface area contributed by atoms with E-state index in [0.29, 0.717) is 31.6 Å². The molecule has 2 amide bonds. The molecule has 8 heteroatoms. The van der Waals surface area contributed by atoms with Crippen molar-refractivity contribution in [2.24, 2.45) is 5.92 Å². The molecule has 0 unspecified atom stereocenters. The van der Waals surface area contributed by atoms with Gasteiger partial charge in [0.15, 0.2) is 5.76 Å². The summed E-state index contributed by atoms with van der Waals surface area (Å²) >= 11 is 0. The summed E-state index contributed by atoms with van der Waals surface area (Å²) < 4.78 is 31.9. The Hall–Kier alpha value is -3.03. The molecule has 3 rings (SSSR count). The van der Waals surface area contributed by atoms with E-state index in [4.69, 9.17) is 4.52 Å². The van der Waals surface area contributed by atoms with E-state index < -0.39 is 11.6 Å². The zero-order chi connectivity index (χ0) is 19.4. The highest BCUT2D eigenvalue weighted by Gasteiger charge is 2.26. The summed E-state index contributed by atoms with van der Waals surface area (Å²) in [6, 6.07) is 4.67. The molecular weight excluding hydrogens is 356 g/mol. The van der Waals surface area contributed by atoms with Gasteiger partial charge >= 0.3 is 0 Å². The maximum absolute atomic E-state index is 13.8. The van der Waals surface area contributed by atoms with Gasteiger partial charge in [0.25, 0.3) is 0 Å². The standard InChI is InChI=1S/C19H19F2N3O3/c1-2-18(25)24-7-5-12(6-8-24)19(26)22-11-14-10-17(27-23-14)15-4-3-13(20)9-16(15)21/h2-4,9-10,12H,1,5-8,11H2,(H,22,26). The molecule has 2 heterocycles. The number of nitrogens with zero attached hydrogens (tertiary/aromatic N) is 2. The third kappa shape index (κ3) is 4.39. The Balaban J connectivity index is 1.54. The molecule has 1 aromatic heterocycles. The van der Waals surface area contributed by atoms with Gasteiger partial charge < -0.3 is 14.7 Å². The molecule has 6 nitrogen and oxygen atoms in total. The quantitative estimate of drug-likeness (QED) is 0.816. The first-order valence-corrected chi connectivity index (χ1v) is 8.58. The minimum Gasteiger partial charge on any atom is -0.356 e. The zero-order valence-electron chi connectivity index (χ0n) is 14.6. The van der Waals surface area contributed by atoms with Crippen LogP contribution in [0.5, 0.6) is 0 Å². The lowest BCUT2D eigenvalue weighted by Gasteiger charge is -2.30. The monoisotopic (exact) mass is 375 g/mol. The molecule has 0 saturated carbocycles. The van der Waals surface area contributed by atoms with Crippen molar-refractivity contribution in [3.63, 3.8) is 0 Å². The normalized spacial score (nSPS) is 14.8. The maximum Gasteiger partial charge on any atom is 0.245 e. The van der Waals surface area contributed by atoms with Gasteiger partial charge in [-0.1, -0.05) is 11.7 Å². The van der Waals surface area contributed by atoms with Crippen LogP contribution in [0.3, 0.4) is 0 Å². The van der Waals surface area contributed by atoms with Crippen molar-refractivity contribution in [3.05, 3.63) is 54.2 Å². The second-order valence-corrected chi connectivity index (χ2v) is 6.33. The number of carbonyl (C=O) groups is 2. The Morgan fingerprint density at radius 1 is 1.30 bits per heavy atom. The van der Waals surface area contributed by atoms with E-state index >= 15 is 0 Å². The minimum atomic E-state index is -0.748. The van der Waals surface area contributed by atoms with Gasteiger partial charge in [-0.3, -0.25) is 9.59 Å². The van der Waals surface area contributed by atoms with Crippen molar-refractivity contribution >= 4 is 11.8 Å². The van der Waals surface area contributed by atoms with Gasteiger partial charge in [0.05, 0.1) is 12.1 Å². The van der Waals surface area contributed by atoms with Crippen LogP contribution in [0.4, 0.5) is 8.78 Å². The van der Waals surface area contributed by atoms with E-state index in [2.05, 4.69) is 17.1 Å². The van der Waals surface area contributed by atoms with Crippen LogP contribution in [0, 0.1) is 17.6 Å². The zero-order valence-corrected chi connectivity index (χ0v) is 14.6. The molecule has 2 aromatic rings. The summed E-state index contributed by atoms with van der Waals surface area (Å²) in [5.41, 5.74) is 0.530. The number of rotatable bonds is 5. The fourth-order valence-electron chi connectivity index (χ4n) is 3.02. The number of hydrogen-bond donors (Lipinski definition) is 1.